The van der Waals surface area contributed by atoms with Gasteiger partial charge >= 0.3 is 0 Å². The Kier molecular flexibility index (Phi) is 5.96. The van der Waals surface area contributed by atoms with E-state index >= 15 is 0 Å². The average molecular weight is 353 g/mol. The van der Waals surface area contributed by atoms with Crippen molar-refractivity contribution in [3.05, 3.63) is 33.3 Å². The molecule has 0 saturated carbocycles. The lowest BCUT2D eigenvalue weighted by atomic mass is 9.94. The molecule has 1 N–H and O–H groups in total. The van der Waals surface area contributed by atoms with E-state index < -0.39 is 0 Å². The summed E-state index contributed by atoms with van der Waals surface area (Å²) in [6, 6.07) is 5.20. The summed E-state index contributed by atoms with van der Waals surface area (Å²) < 4.78 is 0.821. The molecule has 0 unspecified atom stereocenters. The summed E-state index contributed by atoms with van der Waals surface area (Å²) in [5.74, 6) is 0.197. The Bertz CT molecular complexity index is 425. The van der Waals surface area contributed by atoms with Gasteiger partial charge in [-0.05, 0) is 31.0 Å². The van der Waals surface area contributed by atoms with Crippen molar-refractivity contribution in [1.82, 2.24) is 5.32 Å². The first-order valence-electron chi connectivity index (χ1n) is 5.81. The topological polar surface area (TPSA) is 29.1 Å². The number of hydrogen-bond acceptors (Lipinski definition) is 1. The van der Waals surface area contributed by atoms with Crippen LogP contribution in [0.4, 0.5) is 0 Å². The minimum atomic E-state index is -0.371. The largest absolute Gasteiger partial charge is 0.345 e. The molecule has 5 heteroatoms. The van der Waals surface area contributed by atoms with Gasteiger partial charge in [-0.2, -0.15) is 0 Å². The second-order valence-electron chi connectivity index (χ2n) is 4.20. The molecule has 1 amide bonds. The van der Waals surface area contributed by atoms with Gasteiger partial charge in [0.2, 0.25) is 0 Å². The lowest BCUT2D eigenvalue weighted by Gasteiger charge is -2.30. The third kappa shape index (κ3) is 3.62. The third-order valence-corrected chi connectivity index (χ3v) is 4.50. The molecule has 2 nitrogen and oxygen atoms in total. The van der Waals surface area contributed by atoms with Crippen LogP contribution < -0.4 is 5.32 Å². The smallest absolute Gasteiger partial charge is 0.253 e. The number of amides is 1. The number of carbonyl (C=O) groups excluding carboxylic acids is 1. The Labute approximate surface area is 126 Å². The Morgan fingerprint density at radius 3 is 2.50 bits per heavy atom. The summed E-state index contributed by atoms with van der Waals surface area (Å²) in [5.41, 5.74) is 0.0898. The highest BCUT2D eigenvalue weighted by molar-refractivity contribution is 9.10. The highest BCUT2D eigenvalue weighted by atomic mass is 79.9. The Hall–Kier alpha value is -0.250. The van der Waals surface area contributed by atoms with Crippen molar-refractivity contribution in [2.24, 2.45) is 0 Å². The fraction of sp³-hybridized carbons (Fsp3) is 0.462. The molecule has 0 saturated heterocycles. The number of hydrogen-bond donors (Lipinski definition) is 1. The zero-order valence-corrected chi connectivity index (χ0v) is 13.5. The summed E-state index contributed by atoms with van der Waals surface area (Å²) in [5, 5.41) is 3.42. The number of benzene rings is 1. The van der Waals surface area contributed by atoms with Crippen molar-refractivity contribution in [3.8, 4) is 0 Å². The van der Waals surface area contributed by atoms with E-state index in [-0.39, 0.29) is 11.4 Å². The number of nitrogens with one attached hydrogen (secondary N) is 1. The first-order valence-corrected chi connectivity index (χ1v) is 7.52. The maximum atomic E-state index is 12.2. The summed E-state index contributed by atoms with van der Waals surface area (Å²) in [6.45, 7) is 4.02. The van der Waals surface area contributed by atoms with Crippen LogP contribution in [0.15, 0.2) is 22.7 Å². The molecule has 0 atom stereocenters. The molecule has 0 aromatic heterocycles. The molecule has 18 heavy (non-hydrogen) atoms. The number of rotatable bonds is 5. The van der Waals surface area contributed by atoms with Gasteiger partial charge in [0, 0.05) is 10.4 Å². The van der Waals surface area contributed by atoms with Gasteiger partial charge in [-0.15, -0.1) is 11.6 Å². The molecule has 0 aliphatic heterocycles. The van der Waals surface area contributed by atoms with Crippen molar-refractivity contribution in [2.45, 2.75) is 32.2 Å². The predicted octanol–water partition coefficient (Wildman–Crippen LogP) is 4.63. The molecule has 0 heterocycles. The third-order valence-electron chi connectivity index (χ3n) is 3.16. The Morgan fingerprint density at radius 2 is 2.00 bits per heavy atom. The van der Waals surface area contributed by atoms with Crippen LogP contribution in [0.2, 0.25) is 5.02 Å². The van der Waals surface area contributed by atoms with E-state index in [4.69, 9.17) is 23.2 Å². The van der Waals surface area contributed by atoms with E-state index in [2.05, 4.69) is 21.2 Å². The van der Waals surface area contributed by atoms with Crippen LogP contribution in [0, 0.1) is 0 Å². The van der Waals surface area contributed by atoms with Gasteiger partial charge in [0.15, 0.2) is 0 Å². The zero-order valence-electron chi connectivity index (χ0n) is 10.4. The second-order valence-corrected chi connectivity index (χ2v) is 5.79. The maximum Gasteiger partial charge on any atom is 0.253 e. The van der Waals surface area contributed by atoms with Crippen LogP contribution in [0.1, 0.15) is 37.0 Å². The van der Waals surface area contributed by atoms with E-state index in [9.17, 15) is 4.79 Å². The normalized spacial score (nSPS) is 11.4. The minimum Gasteiger partial charge on any atom is -0.345 e. The zero-order chi connectivity index (χ0) is 13.8. The van der Waals surface area contributed by atoms with Gasteiger partial charge in [-0.1, -0.05) is 41.4 Å². The van der Waals surface area contributed by atoms with Crippen molar-refractivity contribution >= 4 is 45.0 Å². The molecule has 1 aromatic carbocycles. The van der Waals surface area contributed by atoms with Gasteiger partial charge < -0.3 is 5.32 Å². The van der Waals surface area contributed by atoms with Crippen LogP contribution in [-0.2, 0) is 0 Å². The van der Waals surface area contributed by atoms with E-state index in [1.165, 1.54) is 0 Å². The van der Waals surface area contributed by atoms with Gasteiger partial charge in [-0.3, -0.25) is 4.79 Å². The van der Waals surface area contributed by atoms with Crippen molar-refractivity contribution < 1.29 is 4.79 Å². The molecule has 1 aromatic rings. The quantitative estimate of drug-likeness (QED) is 0.769. The fourth-order valence-electron chi connectivity index (χ4n) is 1.63. The molecule has 0 aliphatic rings. The van der Waals surface area contributed by atoms with Gasteiger partial charge in [0.25, 0.3) is 5.91 Å². The second kappa shape index (κ2) is 6.78. The number of alkyl halides is 1. The lowest BCUT2D eigenvalue weighted by molar-refractivity contribution is 0.0902. The van der Waals surface area contributed by atoms with Crippen LogP contribution in [0.5, 0.6) is 0 Å². The lowest BCUT2D eigenvalue weighted by Crippen LogP contribution is -2.49. The van der Waals surface area contributed by atoms with E-state index in [1.54, 1.807) is 18.2 Å². The molecule has 0 aliphatic carbocycles. The van der Waals surface area contributed by atoms with Gasteiger partial charge in [-0.25, -0.2) is 0 Å². The molecule has 0 bridgehead atoms. The first kappa shape index (κ1) is 15.8. The minimum absolute atomic E-state index is 0.189. The Balaban J connectivity index is 2.97. The maximum absolute atomic E-state index is 12.2. The molecule has 0 spiro atoms. The molecule has 0 fully saturated rings. The Morgan fingerprint density at radius 1 is 1.39 bits per heavy atom. The highest BCUT2D eigenvalue weighted by Gasteiger charge is 2.28. The number of carbonyl (C=O) groups is 1. The van der Waals surface area contributed by atoms with Crippen LogP contribution in [0.3, 0.4) is 0 Å². The summed E-state index contributed by atoms with van der Waals surface area (Å²) in [4.78, 5) is 12.2. The summed E-state index contributed by atoms with van der Waals surface area (Å²) in [7, 11) is 0. The average Bonchev–Trinajstić information content (AvgIpc) is 2.38. The monoisotopic (exact) mass is 351 g/mol. The molecular formula is C13H16BrCl2NO. The fourth-order valence-corrected chi connectivity index (χ4v) is 2.64. The highest BCUT2D eigenvalue weighted by Crippen LogP contribution is 2.23. The van der Waals surface area contributed by atoms with Crippen molar-refractivity contribution in [2.75, 3.05) is 5.88 Å². The van der Waals surface area contributed by atoms with E-state index in [0.29, 0.717) is 16.5 Å². The SMILES string of the molecule is CCC(CC)(CCl)NC(=O)c1cc(Br)ccc1Cl. The molecule has 100 valence electrons. The molecular weight excluding hydrogens is 337 g/mol. The first-order chi connectivity index (χ1) is 8.48. The molecule has 0 radical (unpaired) electrons. The van der Waals surface area contributed by atoms with Crippen LogP contribution in [0.25, 0.3) is 0 Å². The van der Waals surface area contributed by atoms with E-state index in [1.807, 2.05) is 13.8 Å². The molecule has 1 rings (SSSR count). The van der Waals surface area contributed by atoms with Gasteiger partial charge in [0.1, 0.15) is 0 Å². The standard InChI is InChI=1S/C13H16BrCl2NO/c1-3-13(4-2,8-15)17-12(18)10-7-9(14)5-6-11(10)16/h5-7H,3-4,8H2,1-2H3,(H,17,18). The summed E-state index contributed by atoms with van der Waals surface area (Å²) >= 11 is 15.3. The summed E-state index contributed by atoms with van der Waals surface area (Å²) in [6.07, 6.45) is 1.56. The predicted molar refractivity (Wildman–Crippen MR) is 80.7 cm³/mol. The van der Waals surface area contributed by atoms with Crippen LogP contribution in [-0.4, -0.2) is 17.3 Å². The van der Waals surface area contributed by atoms with Crippen LogP contribution >= 0.6 is 39.1 Å². The van der Waals surface area contributed by atoms with Gasteiger partial charge in [0.05, 0.1) is 16.1 Å². The van der Waals surface area contributed by atoms with E-state index in [0.717, 1.165) is 17.3 Å². The van der Waals surface area contributed by atoms with Crippen molar-refractivity contribution in [3.63, 3.8) is 0 Å². The van der Waals surface area contributed by atoms with Crippen molar-refractivity contribution in [1.29, 1.82) is 0 Å². The number of halogens is 3.